The van der Waals surface area contributed by atoms with E-state index in [1.807, 2.05) is 0 Å². The molecule has 0 aromatic carbocycles. The van der Waals surface area contributed by atoms with Gasteiger partial charge in [0.1, 0.15) is 0 Å². The van der Waals surface area contributed by atoms with E-state index in [9.17, 15) is 20.2 Å². The van der Waals surface area contributed by atoms with E-state index >= 15 is 0 Å². The Hall–Kier alpha value is -1.54. The van der Waals surface area contributed by atoms with Crippen LogP contribution >= 0.6 is 0 Å². The molecule has 19 heavy (non-hydrogen) atoms. The third-order valence-electron chi connectivity index (χ3n) is 4.30. The van der Waals surface area contributed by atoms with E-state index < -0.39 is 20.9 Å². The second-order valence-electron chi connectivity index (χ2n) is 5.47. The fourth-order valence-electron chi connectivity index (χ4n) is 3.19. The minimum absolute atomic E-state index is 0.0652. The Kier molecular flexibility index (Phi) is 3.31. The highest BCUT2D eigenvalue weighted by Crippen LogP contribution is 2.43. The van der Waals surface area contributed by atoms with Crippen molar-refractivity contribution >= 4 is 0 Å². The first-order chi connectivity index (χ1) is 8.86. The summed E-state index contributed by atoms with van der Waals surface area (Å²) in [6, 6.07) is 0. The van der Waals surface area contributed by atoms with Gasteiger partial charge >= 0.3 is 0 Å². The summed E-state index contributed by atoms with van der Waals surface area (Å²) in [5.74, 6) is 0. The summed E-state index contributed by atoms with van der Waals surface area (Å²) in [6.07, 6.45) is 1.78. The number of hydrogen-bond donors (Lipinski definition) is 1. The number of nitro groups is 2. The molecular weight excluding hydrogens is 254 g/mol. The number of likely N-dealkylation sites (tertiary alicyclic amines) is 1. The fourth-order valence-corrected chi connectivity index (χ4v) is 3.19. The van der Waals surface area contributed by atoms with Crippen molar-refractivity contribution < 1.29 is 15.0 Å². The Balaban J connectivity index is 2.46. The average Bonchev–Trinajstić information content (AvgIpc) is 2.34. The zero-order valence-electron chi connectivity index (χ0n) is 10.7. The first-order valence-corrected chi connectivity index (χ1v) is 6.16. The molecule has 2 aliphatic rings. The van der Waals surface area contributed by atoms with Crippen LogP contribution in [0.5, 0.6) is 0 Å². The topological polar surface area (TPSA) is 110 Å². The first-order valence-electron chi connectivity index (χ1n) is 6.16. The molecule has 1 fully saturated rings. The molecule has 1 N–H and O–H groups in total. The summed E-state index contributed by atoms with van der Waals surface area (Å²) in [6.45, 7) is 2.00. The SMILES string of the molecule is CC1=CCC2([N+](=O)[O-])CN(CCO)CC1([N+](=O)[O-])C2. The summed E-state index contributed by atoms with van der Waals surface area (Å²) in [4.78, 5) is 23.7. The molecule has 0 radical (unpaired) electrons. The number of β-amino-alcohol motifs (C(OH)–C–C–N with tert-alkyl or cyclic N) is 1. The van der Waals surface area contributed by atoms with Gasteiger partial charge in [-0.15, -0.1) is 0 Å². The van der Waals surface area contributed by atoms with E-state index in [0.29, 0.717) is 5.57 Å². The lowest BCUT2D eigenvalue weighted by molar-refractivity contribution is -0.621. The average molecular weight is 271 g/mol. The molecule has 0 aromatic heterocycles. The smallest absolute Gasteiger partial charge is 0.262 e. The fraction of sp³-hybridized carbons (Fsp3) is 0.818. The van der Waals surface area contributed by atoms with Gasteiger partial charge < -0.3 is 5.11 Å². The van der Waals surface area contributed by atoms with E-state index in [-0.39, 0.29) is 39.1 Å². The van der Waals surface area contributed by atoms with Gasteiger partial charge in [0, 0.05) is 28.4 Å². The van der Waals surface area contributed by atoms with Crippen molar-refractivity contribution in [1.29, 1.82) is 0 Å². The van der Waals surface area contributed by atoms with Crippen LogP contribution in [0.3, 0.4) is 0 Å². The van der Waals surface area contributed by atoms with E-state index in [2.05, 4.69) is 0 Å². The molecular formula is C11H17N3O5. The molecule has 1 aliphatic heterocycles. The minimum Gasteiger partial charge on any atom is -0.395 e. The Morgan fingerprint density at radius 3 is 2.58 bits per heavy atom. The lowest BCUT2D eigenvalue weighted by Crippen LogP contribution is -2.67. The van der Waals surface area contributed by atoms with Crippen molar-refractivity contribution in [2.75, 3.05) is 26.2 Å². The van der Waals surface area contributed by atoms with Gasteiger partial charge in [-0.2, -0.15) is 0 Å². The maximum Gasteiger partial charge on any atom is 0.262 e. The molecule has 0 amide bonds. The molecule has 1 heterocycles. The van der Waals surface area contributed by atoms with Crippen LogP contribution in [0.15, 0.2) is 11.6 Å². The number of aliphatic hydroxyl groups is 1. The van der Waals surface area contributed by atoms with Gasteiger partial charge in [-0.05, 0) is 6.92 Å². The van der Waals surface area contributed by atoms with Crippen LogP contribution in [0, 0.1) is 20.2 Å². The van der Waals surface area contributed by atoms with Gasteiger partial charge in [-0.3, -0.25) is 25.1 Å². The maximum atomic E-state index is 11.5. The summed E-state index contributed by atoms with van der Waals surface area (Å²) in [7, 11) is 0. The van der Waals surface area contributed by atoms with Crippen LogP contribution in [0.25, 0.3) is 0 Å². The summed E-state index contributed by atoms with van der Waals surface area (Å²) in [5.41, 5.74) is -2.11. The Morgan fingerprint density at radius 2 is 2.05 bits per heavy atom. The number of rotatable bonds is 4. The van der Waals surface area contributed by atoms with E-state index in [0.717, 1.165) is 0 Å². The van der Waals surface area contributed by atoms with E-state index in [1.54, 1.807) is 17.9 Å². The highest BCUT2D eigenvalue weighted by Gasteiger charge is 2.64. The Morgan fingerprint density at radius 1 is 1.37 bits per heavy atom. The molecule has 0 spiro atoms. The lowest BCUT2D eigenvalue weighted by Gasteiger charge is -2.45. The zero-order chi connectivity index (χ0) is 14.3. The van der Waals surface area contributed by atoms with Gasteiger partial charge in [0.25, 0.3) is 5.54 Å². The highest BCUT2D eigenvalue weighted by molar-refractivity contribution is 5.25. The third kappa shape index (κ3) is 2.00. The van der Waals surface area contributed by atoms with Gasteiger partial charge in [-0.1, -0.05) is 6.08 Å². The molecule has 8 heteroatoms. The van der Waals surface area contributed by atoms with Crippen molar-refractivity contribution in [2.45, 2.75) is 30.8 Å². The Labute approximate surface area is 110 Å². The van der Waals surface area contributed by atoms with Crippen LogP contribution < -0.4 is 0 Å². The number of nitrogens with zero attached hydrogens (tertiary/aromatic N) is 3. The molecule has 1 saturated heterocycles. The van der Waals surface area contributed by atoms with E-state index in [1.165, 1.54) is 0 Å². The third-order valence-corrected chi connectivity index (χ3v) is 4.30. The summed E-state index contributed by atoms with van der Waals surface area (Å²) >= 11 is 0. The van der Waals surface area contributed by atoms with Crippen molar-refractivity contribution in [3.8, 4) is 0 Å². The lowest BCUT2D eigenvalue weighted by atomic mass is 9.68. The van der Waals surface area contributed by atoms with Crippen LogP contribution in [0.4, 0.5) is 0 Å². The summed E-state index contributed by atoms with van der Waals surface area (Å²) < 4.78 is 0. The molecule has 8 nitrogen and oxygen atoms in total. The minimum atomic E-state index is -1.39. The van der Waals surface area contributed by atoms with Gasteiger partial charge in [0.2, 0.25) is 5.54 Å². The van der Waals surface area contributed by atoms with Crippen LogP contribution in [0.2, 0.25) is 0 Å². The highest BCUT2D eigenvalue weighted by atomic mass is 16.6. The number of piperidine rings is 1. The van der Waals surface area contributed by atoms with E-state index in [4.69, 9.17) is 5.11 Å². The molecule has 2 bridgehead atoms. The number of fused-ring (bicyclic) bond motifs is 2. The second kappa shape index (κ2) is 4.53. The van der Waals surface area contributed by atoms with Crippen LogP contribution in [-0.4, -0.2) is 57.2 Å². The molecule has 0 saturated carbocycles. The zero-order valence-corrected chi connectivity index (χ0v) is 10.7. The maximum absolute atomic E-state index is 11.5. The number of hydrogen-bond acceptors (Lipinski definition) is 6. The molecule has 1 aliphatic carbocycles. The van der Waals surface area contributed by atoms with Gasteiger partial charge in [-0.25, -0.2) is 0 Å². The van der Waals surface area contributed by atoms with Crippen molar-refractivity contribution in [3.05, 3.63) is 31.9 Å². The predicted octanol–water partition coefficient (Wildman–Crippen LogP) is 0.0654. The summed E-state index contributed by atoms with van der Waals surface area (Å²) in [5, 5.41) is 31.8. The second-order valence-corrected chi connectivity index (χ2v) is 5.47. The van der Waals surface area contributed by atoms with Gasteiger partial charge in [0.05, 0.1) is 26.1 Å². The molecule has 0 aromatic rings. The first kappa shape index (κ1) is 13.9. The Bertz CT molecular complexity index is 452. The van der Waals surface area contributed by atoms with Crippen molar-refractivity contribution in [2.24, 2.45) is 0 Å². The monoisotopic (exact) mass is 271 g/mol. The van der Waals surface area contributed by atoms with Crippen LogP contribution in [-0.2, 0) is 0 Å². The molecule has 2 rings (SSSR count). The molecule has 106 valence electrons. The number of aliphatic hydroxyl groups excluding tert-OH is 1. The van der Waals surface area contributed by atoms with Crippen molar-refractivity contribution in [3.63, 3.8) is 0 Å². The van der Waals surface area contributed by atoms with Gasteiger partial charge in [0.15, 0.2) is 0 Å². The van der Waals surface area contributed by atoms with Crippen LogP contribution in [0.1, 0.15) is 19.8 Å². The van der Waals surface area contributed by atoms with Crippen molar-refractivity contribution in [1.82, 2.24) is 4.90 Å². The normalized spacial score (nSPS) is 34.7. The quantitative estimate of drug-likeness (QED) is 0.440. The molecule has 2 atom stereocenters. The largest absolute Gasteiger partial charge is 0.395 e. The molecule has 2 unspecified atom stereocenters. The standard InChI is InChI=1S/C11H17N3O5/c1-9-2-3-10(13(16)17)6-11(9,14(18)19)8-12(7-10)4-5-15/h2,15H,3-8H2,1H3. The predicted molar refractivity (Wildman–Crippen MR) is 66.0 cm³/mol.